The first kappa shape index (κ1) is 21.4. The summed E-state index contributed by atoms with van der Waals surface area (Å²) in [7, 11) is 0. The van der Waals surface area contributed by atoms with Crippen molar-refractivity contribution in [2.45, 2.75) is 44.1 Å². The summed E-state index contributed by atoms with van der Waals surface area (Å²) in [5, 5.41) is 14.4. The van der Waals surface area contributed by atoms with Gasteiger partial charge in [-0.15, -0.1) is 13.2 Å². The van der Waals surface area contributed by atoms with Crippen LogP contribution in [0, 0.1) is 17.2 Å². The lowest BCUT2D eigenvalue weighted by atomic mass is 9.92. The molecule has 1 aliphatic heterocycles. The molecule has 1 heterocycles. The van der Waals surface area contributed by atoms with E-state index in [4.69, 9.17) is 0 Å². The topological polar surface area (TPSA) is 112 Å². The van der Waals surface area contributed by atoms with Crippen molar-refractivity contribution in [2.75, 3.05) is 6.54 Å². The third kappa shape index (κ3) is 4.17. The van der Waals surface area contributed by atoms with Gasteiger partial charge in [0.2, 0.25) is 5.91 Å². The molecule has 4 amide bonds. The molecule has 1 aromatic rings. The second-order valence-electron chi connectivity index (χ2n) is 7.66. The van der Waals surface area contributed by atoms with Gasteiger partial charge in [-0.25, -0.2) is 4.79 Å². The largest absolute Gasteiger partial charge is 0.573 e. The van der Waals surface area contributed by atoms with Crippen LogP contribution in [0.3, 0.4) is 0 Å². The van der Waals surface area contributed by atoms with Crippen molar-refractivity contribution in [1.29, 1.82) is 5.26 Å². The van der Waals surface area contributed by atoms with Crippen molar-refractivity contribution < 1.29 is 32.3 Å². The van der Waals surface area contributed by atoms with Gasteiger partial charge >= 0.3 is 12.4 Å². The Balaban J connectivity index is 1.72. The molecule has 11 heteroatoms. The lowest BCUT2D eigenvalue weighted by Crippen LogP contribution is -2.51. The monoisotopic (exact) mass is 424 g/mol. The van der Waals surface area contributed by atoms with Crippen molar-refractivity contribution >= 4 is 17.8 Å². The highest BCUT2D eigenvalue weighted by Crippen LogP contribution is 2.39. The number of alkyl halides is 3. The molecule has 8 nitrogen and oxygen atoms in total. The molecule has 2 N–H and O–H groups in total. The summed E-state index contributed by atoms with van der Waals surface area (Å²) in [5.74, 6) is -1.85. The Morgan fingerprint density at radius 1 is 1.33 bits per heavy atom. The third-order valence-electron chi connectivity index (χ3n) is 5.27. The van der Waals surface area contributed by atoms with Gasteiger partial charge in [-0.3, -0.25) is 14.5 Å². The molecule has 2 fully saturated rings. The number of benzene rings is 1. The van der Waals surface area contributed by atoms with E-state index in [-0.39, 0.29) is 11.5 Å². The minimum atomic E-state index is -4.86. The lowest BCUT2D eigenvalue weighted by molar-refractivity contribution is -0.274. The second kappa shape index (κ2) is 7.19. The van der Waals surface area contributed by atoms with Crippen LogP contribution in [0.2, 0.25) is 0 Å². The van der Waals surface area contributed by atoms with Gasteiger partial charge in [0.25, 0.3) is 5.91 Å². The Morgan fingerprint density at radius 2 is 1.93 bits per heavy atom. The predicted molar refractivity (Wildman–Crippen MR) is 95.6 cm³/mol. The van der Waals surface area contributed by atoms with E-state index >= 15 is 0 Å². The van der Waals surface area contributed by atoms with E-state index < -0.39 is 47.6 Å². The predicted octanol–water partition coefficient (Wildman–Crippen LogP) is 2.16. The van der Waals surface area contributed by atoms with E-state index in [0.717, 1.165) is 25.0 Å². The zero-order valence-corrected chi connectivity index (χ0v) is 16.2. The minimum Gasteiger partial charge on any atom is -0.406 e. The molecule has 0 bridgehead atoms. The normalized spacial score (nSPS) is 23.4. The standard InChI is InChI=1S/C19H19F3N4O4/c1-17(10-23,11-3-4-11)24-14(27)9-26-15(28)18(2,25-16(26)29)12-5-7-13(8-6-12)30-19(20,21)22/h5-8,11H,3-4,9H2,1-2H3,(H,24,27)(H,25,29)/t17-,18-/m0/s1. The Morgan fingerprint density at radius 3 is 2.43 bits per heavy atom. The number of hydrogen-bond donors (Lipinski definition) is 2. The Labute approximate surface area is 170 Å². The van der Waals surface area contributed by atoms with Gasteiger partial charge in [-0.2, -0.15) is 5.26 Å². The van der Waals surface area contributed by atoms with E-state index in [1.807, 2.05) is 0 Å². The van der Waals surface area contributed by atoms with Crippen LogP contribution in [0.5, 0.6) is 5.75 Å². The van der Waals surface area contributed by atoms with Crippen LogP contribution in [0.1, 0.15) is 32.3 Å². The average molecular weight is 424 g/mol. The SMILES string of the molecule is C[C@@]1(c2ccc(OC(F)(F)F)cc2)NC(=O)N(CC(=O)N[C@@](C)(C#N)C2CC2)C1=O. The number of urea groups is 1. The first-order chi connectivity index (χ1) is 13.9. The fourth-order valence-corrected chi connectivity index (χ4v) is 3.38. The summed E-state index contributed by atoms with van der Waals surface area (Å²) in [5.41, 5.74) is -2.42. The second-order valence-corrected chi connectivity index (χ2v) is 7.66. The van der Waals surface area contributed by atoms with Gasteiger partial charge in [0, 0.05) is 0 Å². The molecule has 0 unspecified atom stereocenters. The summed E-state index contributed by atoms with van der Waals surface area (Å²) in [4.78, 5) is 38.2. The van der Waals surface area contributed by atoms with E-state index in [1.165, 1.54) is 19.1 Å². The summed E-state index contributed by atoms with van der Waals surface area (Å²) in [6.07, 6.45) is -3.25. The number of imide groups is 1. The zero-order valence-electron chi connectivity index (χ0n) is 16.2. The number of amides is 4. The van der Waals surface area contributed by atoms with Gasteiger partial charge in [-0.1, -0.05) is 12.1 Å². The maximum atomic E-state index is 12.9. The summed E-state index contributed by atoms with van der Waals surface area (Å²) in [6, 6.07) is 5.73. The molecular weight excluding hydrogens is 405 g/mol. The van der Waals surface area contributed by atoms with E-state index in [9.17, 15) is 32.8 Å². The lowest BCUT2D eigenvalue weighted by Gasteiger charge is -2.25. The van der Waals surface area contributed by atoms with Crippen LogP contribution in [-0.2, 0) is 15.1 Å². The Bertz CT molecular complexity index is 923. The maximum absolute atomic E-state index is 12.9. The highest BCUT2D eigenvalue weighted by molar-refractivity contribution is 6.09. The number of ether oxygens (including phenoxy) is 1. The number of carbonyl (C=O) groups excluding carboxylic acids is 3. The molecule has 1 aliphatic carbocycles. The first-order valence-electron chi connectivity index (χ1n) is 9.10. The van der Waals surface area contributed by atoms with Crippen LogP contribution >= 0.6 is 0 Å². The molecule has 3 rings (SSSR count). The number of nitriles is 1. The van der Waals surface area contributed by atoms with Crippen molar-refractivity contribution in [2.24, 2.45) is 5.92 Å². The molecule has 0 radical (unpaired) electrons. The highest BCUT2D eigenvalue weighted by atomic mass is 19.4. The minimum absolute atomic E-state index is 0.0252. The number of nitrogens with one attached hydrogen (secondary N) is 2. The Kier molecular flexibility index (Phi) is 5.14. The molecular formula is C19H19F3N4O4. The highest BCUT2D eigenvalue weighted by Gasteiger charge is 2.50. The zero-order chi connectivity index (χ0) is 22.3. The van der Waals surface area contributed by atoms with Gasteiger partial charge < -0.3 is 15.4 Å². The van der Waals surface area contributed by atoms with Crippen LogP contribution in [0.25, 0.3) is 0 Å². The van der Waals surface area contributed by atoms with Crippen molar-refractivity contribution in [3.05, 3.63) is 29.8 Å². The molecule has 1 aromatic carbocycles. The third-order valence-corrected chi connectivity index (χ3v) is 5.27. The molecule has 1 saturated heterocycles. The van der Waals surface area contributed by atoms with Gasteiger partial charge in [0.1, 0.15) is 23.4 Å². The van der Waals surface area contributed by atoms with Crippen LogP contribution in [0.4, 0.5) is 18.0 Å². The van der Waals surface area contributed by atoms with E-state index in [2.05, 4.69) is 21.4 Å². The smallest absolute Gasteiger partial charge is 0.406 e. The summed E-state index contributed by atoms with van der Waals surface area (Å²) < 4.78 is 40.7. The Hall–Kier alpha value is -3.29. The molecule has 160 valence electrons. The number of carbonyl (C=O) groups is 3. The molecule has 1 saturated carbocycles. The van der Waals surface area contributed by atoms with E-state index in [0.29, 0.717) is 4.90 Å². The van der Waals surface area contributed by atoms with Crippen molar-refractivity contribution in [3.63, 3.8) is 0 Å². The average Bonchev–Trinajstić information content (AvgIpc) is 3.47. The van der Waals surface area contributed by atoms with Gasteiger partial charge in [-0.05, 0) is 50.3 Å². The number of nitrogens with zero attached hydrogens (tertiary/aromatic N) is 2. The molecule has 0 spiro atoms. The van der Waals surface area contributed by atoms with Gasteiger partial charge in [0.05, 0.1) is 6.07 Å². The maximum Gasteiger partial charge on any atom is 0.573 e. The van der Waals surface area contributed by atoms with Crippen LogP contribution < -0.4 is 15.4 Å². The van der Waals surface area contributed by atoms with E-state index in [1.54, 1.807) is 6.92 Å². The number of halogens is 3. The number of hydrogen-bond acceptors (Lipinski definition) is 5. The summed E-state index contributed by atoms with van der Waals surface area (Å²) in [6.45, 7) is 2.39. The molecule has 2 aliphatic rings. The quantitative estimate of drug-likeness (QED) is 0.680. The van der Waals surface area contributed by atoms with Crippen molar-refractivity contribution in [1.82, 2.24) is 15.5 Å². The molecule has 2 atom stereocenters. The molecule has 0 aromatic heterocycles. The fourth-order valence-electron chi connectivity index (χ4n) is 3.38. The van der Waals surface area contributed by atoms with Crippen molar-refractivity contribution in [3.8, 4) is 11.8 Å². The summed E-state index contributed by atoms with van der Waals surface area (Å²) >= 11 is 0. The van der Waals surface area contributed by atoms with Crippen LogP contribution in [-0.4, -0.2) is 41.2 Å². The van der Waals surface area contributed by atoms with Gasteiger partial charge in [0.15, 0.2) is 0 Å². The first-order valence-corrected chi connectivity index (χ1v) is 9.10. The van der Waals surface area contributed by atoms with Crippen LogP contribution in [0.15, 0.2) is 24.3 Å². The molecule has 30 heavy (non-hydrogen) atoms. The fraction of sp³-hybridized carbons (Fsp3) is 0.474. The number of rotatable bonds is 6.